The number of Topliss-reactive ketones (excluding diaryl/α,β-unsaturated/α-hetero) is 1. The van der Waals surface area contributed by atoms with Crippen LogP contribution in [-0.4, -0.2) is 11.6 Å². The van der Waals surface area contributed by atoms with Crippen LogP contribution in [0.3, 0.4) is 0 Å². The molecule has 0 fully saturated rings. The predicted molar refractivity (Wildman–Crippen MR) is 103 cm³/mol. The van der Waals surface area contributed by atoms with Crippen LogP contribution in [0.15, 0.2) is 41.0 Å². The fourth-order valence-corrected chi connectivity index (χ4v) is 2.27. The molecule has 2 rings (SSSR count). The number of aliphatic imine (C=N–C) groups is 1. The lowest BCUT2D eigenvalue weighted by molar-refractivity contribution is -0.111. The zero-order chi connectivity index (χ0) is 18.1. The number of nitrogens with one attached hydrogen (secondary N) is 1. The van der Waals surface area contributed by atoms with E-state index in [4.69, 9.17) is 0 Å². The molecule has 1 unspecified atom stereocenters. The maximum Gasteiger partial charge on any atom is 0.194 e. The Hall–Kier alpha value is -1.90. The second-order valence-corrected chi connectivity index (χ2v) is 6.96. The van der Waals surface area contributed by atoms with Crippen molar-refractivity contribution in [1.82, 2.24) is 5.32 Å². The fourth-order valence-electron chi connectivity index (χ4n) is 2.27. The van der Waals surface area contributed by atoms with Crippen LogP contribution in [0.2, 0.25) is 0 Å². The van der Waals surface area contributed by atoms with Gasteiger partial charge in [0.15, 0.2) is 11.6 Å². The van der Waals surface area contributed by atoms with Crippen LogP contribution >= 0.6 is 0 Å². The van der Waals surface area contributed by atoms with Gasteiger partial charge in [-0.05, 0) is 43.7 Å². The van der Waals surface area contributed by atoms with Gasteiger partial charge in [0.2, 0.25) is 0 Å². The van der Waals surface area contributed by atoms with Gasteiger partial charge in [0.05, 0.1) is 6.04 Å². The highest BCUT2D eigenvalue weighted by atomic mass is 16.1. The third-order valence-corrected chi connectivity index (χ3v) is 4.03. The largest absolute Gasteiger partial charge is 0.344 e. The molecule has 0 heterocycles. The van der Waals surface area contributed by atoms with Crippen molar-refractivity contribution in [3.8, 4) is 0 Å². The van der Waals surface area contributed by atoms with Gasteiger partial charge in [-0.15, -0.1) is 0 Å². The predicted octanol–water partition coefficient (Wildman–Crippen LogP) is 5.23. The van der Waals surface area contributed by atoms with Crippen LogP contribution in [-0.2, 0) is 11.2 Å². The van der Waals surface area contributed by atoms with Crippen molar-refractivity contribution in [1.29, 1.82) is 0 Å². The summed E-state index contributed by atoms with van der Waals surface area (Å²) in [4.78, 5) is 16.2. The summed E-state index contributed by atoms with van der Waals surface area (Å²) in [5.74, 6) is 1.31. The highest BCUT2D eigenvalue weighted by molar-refractivity contribution is 6.38. The standard InChI is InChI=1S/C16H20N2O.C5H12/c1-11(2)10-17-16(12(3)19)18-15-9-8-13-6-4-5-7-14(13)15;1-4-5(2)3/h4-7,10,15H,8-9H2,1-3H3,(H,17,18);5H,4H2,1-3H3. The van der Waals surface area contributed by atoms with Crippen LogP contribution in [0.4, 0.5) is 0 Å². The van der Waals surface area contributed by atoms with E-state index in [1.54, 1.807) is 6.92 Å². The Balaban J connectivity index is 0.000000505. The number of aryl methyl sites for hydroxylation is 1. The van der Waals surface area contributed by atoms with Gasteiger partial charge >= 0.3 is 0 Å². The summed E-state index contributed by atoms with van der Waals surface area (Å²) in [7, 11) is 0. The lowest BCUT2D eigenvalue weighted by atomic mass is 10.1. The van der Waals surface area contributed by atoms with Crippen molar-refractivity contribution >= 4 is 11.6 Å². The zero-order valence-corrected chi connectivity index (χ0v) is 16.0. The number of carbonyl (C=O) groups is 1. The molecule has 0 saturated heterocycles. The summed E-state index contributed by atoms with van der Waals surface area (Å²) in [6, 6.07) is 8.44. The number of allylic oxidation sites excluding steroid dienone is 1. The topological polar surface area (TPSA) is 41.5 Å². The summed E-state index contributed by atoms with van der Waals surface area (Å²) in [5, 5.41) is 3.01. The first-order chi connectivity index (χ1) is 11.3. The minimum absolute atomic E-state index is 0.0260. The van der Waals surface area contributed by atoms with Gasteiger partial charge in [0.25, 0.3) is 0 Å². The number of benzene rings is 1. The highest BCUT2D eigenvalue weighted by Gasteiger charge is 2.22. The van der Waals surface area contributed by atoms with E-state index >= 15 is 0 Å². The molecule has 24 heavy (non-hydrogen) atoms. The quantitative estimate of drug-likeness (QED) is 0.607. The van der Waals surface area contributed by atoms with Gasteiger partial charge in [-0.1, -0.05) is 57.0 Å². The molecule has 3 heteroatoms. The Bertz CT molecular complexity index is 596. The summed E-state index contributed by atoms with van der Waals surface area (Å²) in [6.07, 6.45) is 5.14. The molecule has 0 radical (unpaired) electrons. The van der Waals surface area contributed by atoms with Crippen molar-refractivity contribution in [2.75, 3.05) is 0 Å². The molecule has 0 spiro atoms. The Kier molecular flexibility index (Phi) is 8.45. The Morgan fingerprint density at radius 2 is 1.92 bits per heavy atom. The first-order valence-corrected chi connectivity index (χ1v) is 8.91. The SMILES string of the molecule is CC(=O)C(=NC1CCc2ccccc21)NC=C(C)C.CCC(C)C. The molecule has 0 bridgehead atoms. The minimum atomic E-state index is -0.0260. The maximum atomic E-state index is 11.6. The molecule has 3 nitrogen and oxygen atoms in total. The van der Waals surface area contributed by atoms with E-state index in [1.807, 2.05) is 26.1 Å². The average Bonchev–Trinajstić information content (AvgIpc) is 2.94. The molecule has 0 aromatic heterocycles. The van der Waals surface area contributed by atoms with Crippen LogP contribution in [0.25, 0.3) is 0 Å². The molecule has 1 atom stereocenters. The zero-order valence-electron chi connectivity index (χ0n) is 16.0. The van der Waals surface area contributed by atoms with Crippen LogP contribution < -0.4 is 5.32 Å². The number of hydrogen-bond acceptors (Lipinski definition) is 2. The van der Waals surface area contributed by atoms with Crippen molar-refractivity contribution in [2.45, 2.75) is 66.8 Å². The van der Waals surface area contributed by atoms with E-state index in [-0.39, 0.29) is 11.8 Å². The smallest absolute Gasteiger partial charge is 0.194 e. The molecular weight excluding hydrogens is 296 g/mol. The van der Waals surface area contributed by atoms with Gasteiger partial charge in [-0.2, -0.15) is 0 Å². The molecule has 0 saturated carbocycles. The number of ketones is 1. The van der Waals surface area contributed by atoms with Crippen LogP contribution in [0.5, 0.6) is 0 Å². The third kappa shape index (κ3) is 6.69. The maximum absolute atomic E-state index is 11.6. The van der Waals surface area contributed by atoms with E-state index in [0.717, 1.165) is 24.3 Å². The Morgan fingerprint density at radius 1 is 1.29 bits per heavy atom. The Labute approximate surface area is 147 Å². The number of hydrogen-bond donors (Lipinski definition) is 1. The number of amidine groups is 1. The number of fused-ring (bicyclic) bond motifs is 1. The van der Waals surface area contributed by atoms with Crippen LogP contribution in [0.1, 0.15) is 71.6 Å². The molecule has 1 aromatic rings. The molecule has 1 aliphatic rings. The van der Waals surface area contributed by atoms with Crippen molar-refractivity contribution < 1.29 is 4.79 Å². The molecule has 1 N–H and O–H groups in total. The van der Waals surface area contributed by atoms with E-state index in [0.29, 0.717) is 5.84 Å². The van der Waals surface area contributed by atoms with Gasteiger partial charge < -0.3 is 5.32 Å². The molecule has 0 aliphatic heterocycles. The second kappa shape index (κ2) is 10.1. The van der Waals surface area contributed by atoms with Crippen LogP contribution in [0, 0.1) is 5.92 Å². The second-order valence-electron chi connectivity index (χ2n) is 6.96. The van der Waals surface area contributed by atoms with Crippen molar-refractivity contribution in [2.24, 2.45) is 10.9 Å². The van der Waals surface area contributed by atoms with Gasteiger partial charge in [0, 0.05) is 13.1 Å². The van der Waals surface area contributed by atoms with E-state index in [9.17, 15) is 4.79 Å². The lowest BCUT2D eigenvalue weighted by Gasteiger charge is -2.09. The van der Waals surface area contributed by atoms with Crippen molar-refractivity contribution in [3.63, 3.8) is 0 Å². The van der Waals surface area contributed by atoms with E-state index < -0.39 is 0 Å². The molecule has 132 valence electrons. The molecule has 0 amide bonds. The minimum Gasteiger partial charge on any atom is -0.344 e. The normalized spacial score (nSPS) is 16.1. The van der Waals surface area contributed by atoms with Gasteiger partial charge in [0.1, 0.15) is 0 Å². The third-order valence-electron chi connectivity index (χ3n) is 4.03. The average molecular weight is 329 g/mol. The summed E-state index contributed by atoms with van der Waals surface area (Å²) in [5.41, 5.74) is 3.71. The highest BCUT2D eigenvalue weighted by Crippen LogP contribution is 2.33. The molecular formula is C21H32N2O. The lowest BCUT2D eigenvalue weighted by Crippen LogP contribution is -2.26. The summed E-state index contributed by atoms with van der Waals surface area (Å²) >= 11 is 0. The summed E-state index contributed by atoms with van der Waals surface area (Å²) in [6.45, 7) is 12.2. The van der Waals surface area contributed by atoms with Crippen molar-refractivity contribution in [3.05, 3.63) is 47.2 Å². The molecule has 1 aromatic carbocycles. The monoisotopic (exact) mass is 328 g/mol. The van der Waals surface area contributed by atoms with E-state index in [1.165, 1.54) is 17.5 Å². The number of nitrogens with zero attached hydrogens (tertiary/aromatic N) is 1. The first kappa shape index (κ1) is 20.1. The summed E-state index contributed by atoms with van der Waals surface area (Å²) < 4.78 is 0. The first-order valence-electron chi connectivity index (χ1n) is 8.91. The van der Waals surface area contributed by atoms with E-state index in [2.05, 4.69) is 49.3 Å². The Morgan fingerprint density at radius 3 is 2.46 bits per heavy atom. The number of carbonyl (C=O) groups excluding carboxylic acids is 1. The van der Waals surface area contributed by atoms with Gasteiger partial charge in [-0.3, -0.25) is 9.79 Å². The number of rotatable bonds is 4. The van der Waals surface area contributed by atoms with Gasteiger partial charge in [-0.25, -0.2) is 0 Å². The molecule has 1 aliphatic carbocycles. The fraction of sp³-hybridized carbons (Fsp3) is 0.524.